The lowest BCUT2D eigenvalue weighted by molar-refractivity contribution is 0.0469. The van der Waals surface area contributed by atoms with Crippen LogP contribution in [0.5, 0.6) is 11.5 Å². The molecule has 0 aliphatic carbocycles. The topological polar surface area (TPSA) is 66.8 Å². The number of carbonyl (C=O) groups is 1. The molecular formula is C36H28O4. The molecule has 4 nitrogen and oxygen atoms in total. The number of ether oxygens (including phenoxy) is 1. The Morgan fingerprint density at radius 3 is 1.93 bits per heavy atom. The van der Waals surface area contributed by atoms with Crippen LogP contribution >= 0.6 is 0 Å². The summed E-state index contributed by atoms with van der Waals surface area (Å²) in [5.41, 5.74) is 5.44. The lowest BCUT2D eigenvalue weighted by Crippen LogP contribution is -2.06. The predicted molar refractivity (Wildman–Crippen MR) is 160 cm³/mol. The average Bonchev–Trinajstić information content (AvgIpc) is 2.98. The summed E-state index contributed by atoms with van der Waals surface area (Å²) in [6, 6.07) is 36.7. The quantitative estimate of drug-likeness (QED) is 0.215. The maximum absolute atomic E-state index is 13.3. The first-order chi connectivity index (χ1) is 19.5. The number of aryl methyl sites for hydroxylation is 1. The Morgan fingerprint density at radius 2 is 1.23 bits per heavy atom. The molecule has 2 N–H and O–H groups in total. The minimum Gasteiger partial charge on any atom is -0.507 e. The standard InChI is InChI=1S/C36H28O4/c1-23-10-12-24(13-11-23)20-25-14-16-26(17-15-25)22-40-36(39)31-21-28-7-3-5-9-30(28)34(35(31)38)33-29-8-4-2-6-27(29)18-19-32(33)37/h2-19,21,37-38H,20,22H2,1H3. The van der Waals surface area contributed by atoms with E-state index in [0.717, 1.165) is 33.5 Å². The summed E-state index contributed by atoms with van der Waals surface area (Å²) >= 11 is 0. The lowest BCUT2D eigenvalue weighted by Gasteiger charge is -2.16. The Hall–Kier alpha value is -5.09. The lowest BCUT2D eigenvalue weighted by atomic mass is 9.90. The minimum atomic E-state index is -0.632. The molecule has 0 saturated carbocycles. The highest BCUT2D eigenvalue weighted by molar-refractivity contribution is 6.13. The molecule has 0 amide bonds. The number of hydrogen-bond acceptors (Lipinski definition) is 4. The van der Waals surface area contributed by atoms with E-state index in [4.69, 9.17) is 4.74 Å². The van der Waals surface area contributed by atoms with Crippen molar-refractivity contribution in [2.45, 2.75) is 20.0 Å². The van der Waals surface area contributed by atoms with Crippen LogP contribution in [-0.4, -0.2) is 16.2 Å². The Balaban J connectivity index is 1.30. The zero-order chi connectivity index (χ0) is 27.6. The van der Waals surface area contributed by atoms with Crippen molar-refractivity contribution in [3.05, 3.63) is 143 Å². The molecule has 0 fully saturated rings. The Labute approximate surface area is 232 Å². The minimum absolute atomic E-state index is 0.0235. The fourth-order valence-corrected chi connectivity index (χ4v) is 5.19. The second-order valence-electron chi connectivity index (χ2n) is 10.1. The molecule has 0 aliphatic heterocycles. The third-order valence-electron chi connectivity index (χ3n) is 7.32. The first-order valence-electron chi connectivity index (χ1n) is 13.2. The molecule has 0 unspecified atom stereocenters. The zero-order valence-corrected chi connectivity index (χ0v) is 22.1. The number of fused-ring (bicyclic) bond motifs is 2. The second-order valence-corrected chi connectivity index (χ2v) is 10.1. The van der Waals surface area contributed by atoms with Gasteiger partial charge in [0.1, 0.15) is 23.7 Å². The number of aromatic hydroxyl groups is 2. The van der Waals surface area contributed by atoms with E-state index in [1.165, 1.54) is 16.7 Å². The van der Waals surface area contributed by atoms with Crippen molar-refractivity contribution < 1.29 is 19.7 Å². The maximum atomic E-state index is 13.3. The van der Waals surface area contributed by atoms with E-state index in [1.807, 2.05) is 78.9 Å². The molecule has 40 heavy (non-hydrogen) atoms. The van der Waals surface area contributed by atoms with Crippen molar-refractivity contribution in [2.24, 2.45) is 0 Å². The largest absolute Gasteiger partial charge is 0.507 e. The molecule has 0 heterocycles. The van der Waals surface area contributed by atoms with Gasteiger partial charge >= 0.3 is 5.97 Å². The van der Waals surface area contributed by atoms with E-state index >= 15 is 0 Å². The third-order valence-corrected chi connectivity index (χ3v) is 7.32. The number of hydrogen-bond donors (Lipinski definition) is 2. The third kappa shape index (κ3) is 4.87. The Bertz CT molecular complexity index is 1850. The molecule has 0 radical (unpaired) electrons. The van der Waals surface area contributed by atoms with E-state index < -0.39 is 5.97 Å². The van der Waals surface area contributed by atoms with Crippen molar-refractivity contribution in [1.82, 2.24) is 0 Å². The number of rotatable bonds is 6. The first kappa shape index (κ1) is 25.2. The van der Waals surface area contributed by atoms with Crippen LogP contribution < -0.4 is 0 Å². The number of phenolic OH excluding ortho intramolecular Hbond substituents is 2. The van der Waals surface area contributed by atoms with E-state index in [9.17, 15) is 15.0 Å². The van der Waals surface area contributed by atoms with Gasteiger partial charge in [-0.15, -0.1) is 0 Å². The van der Waals surface area contributed by atoms with E-state index in [-0.39, 0.29) is 23.7 Å². The molecule has 6 aromatic rings. The number of carbonyl (C=O) groups excluding carboxylic acids is 1. The summed E-state index contributed by atoms with van der Waals surface area (Å²) in [7, 11) is 0. The van der Waals surface area contributed by atoms with E-state index in [0.29, 0.717) is 11.1 Å². The van der Waals surface area contributed by atoms with Gasteiger partial charge in [-0.25, -0.2) is 4.79 Å². The summed E-state index contributed by atoms with van der Waals surface area (Å²) in [5.74, 6) is -0.827. The van der Waals surface area contributed by atoms with Crippen LogP contribution in [0, 0.1) is 6.92 Å². The normalized spacial score (nSPS) is 11.1. The van der Waals surface area contributed by atoms with Gasteiger partial charge in [0.15, 0.2) is 0 Å². The molecule has 0 saturated heterocycles. The molecule has 0 spiro atoms. The number of phenols is 2. The van der Waals surface area contributed by atoms with Gasteiger partial charge in [0.2, 0.25) is 0 Å². The number of benzene rings is 6. The summed E-state index contributed by atoms with van der Waals surface area (Å²) in [5, 5.41) is 25.6. The molecule has 0 bridgehead atoms. The highest BCUT2D eigenvalue weighted by Crippen LogP contribution is 2.46. The van der Waals surface area contributed by atoms with Gasteiger partial charge in [0.05, 0.1) is 0 Å². The fraction of sp³-hybridized carbons (Fsp3) is 0.0833. The van der Waals surface area contributed by atoms with Crippen molar-refractivity contribution in [1.29, 1.82) is 0 Å². The zero-order valence-electron chi connectivity index (χ0n) is 22.1. The smallest absolute Gasteiger partial charge is 0.342 e. The SMILES string of the molecule is Cc1ccc(Cc2ccc(COC(=O)c3cc4ccccc4c(-c4c(O)ccc5ccccc45)c3O)cc2)cc1. The molecule has 196 valence electrons. The van der Waals surface area contributed by atoms with Gasteiger partial charge in [-0.2, -0.15) is 0 Å². The van der Waals surface area contributed by atoms with E-state index in [1.54, 1.807) is 12.1 Å². The summed E-state index contributed by atoms with van der Waals surface area (Å²) < 4.78 is 5.66. The maximum Gasteiger partial charge on any atom is 0.342 e. The van der Waals surface area contributed by atoms with Crippen molar-refractivity contribution >= 4 is 27.5 Å². The Morgan fingerprint density at radius 1 is 0.650 bits per heavy atom. The van der Waals surface area contributed by atoms with Crippen LogP contribution in [0.15, 0.2) is 115 Å². The van der Waals surface area contributed by atoms with Gasteiger partial charge in [0, 0.05) is 11.1 Å². The monoisotopic (exact) mass is 524 g/mol. The van der Waals surface area contributed by atoms with Gasteiger partial charge < -0.3 is 14.9 Å². The van der Waals surface area contributed by atoms with Crippen molar-refractivity contribution in [3.63, 3.8) is 0 Å². The highest BCUT2D eigenvalue weighted by Gasteiger charge is 2.23. The highest BCUT2D eigenvalue weighted by atomic mass is 16.5. The van der Waals surface area contributed by atoms with Crippen molar-refractivity contribution in [3.8, 4) is 22.6 Å². The van der Waals surface area contributed by atoms with Crippen LogP contribution in [-0.2, 0) is 17.8 Å². The second kappa shape index (κ2) is 10.6. The summed E-state index contributed by atoms with van der Waals surface area (Å²) in [6.07, 6.45) is 0.828. The van der Waals surface area contributed by atoms with Gasteiger partial charge in [-0.3, -0.25) is 0 Å². The van der Waals surface area contributed by atoms with Crippen LogP contribution in [0.1, 0.15) is 32.6 Å². The average molecular weight is 525 g/mol. The molecule has 0 atom stereocenters. The number of esters is 1. The molecule has 0 aromatic heterocycles. The molecular weight excluding hydrogens is 496 g/mol. The molecule has 0 aliphatic rings. The Kier molecular flexibility index (Phi) is 6.67. The van der Waals surface area contributed by atoms with Crippen LogP contribution in [0.3, 0.4) is 0 Å². The molecule has 4 heteroatoms. The first-order valence-corrected chi connectivity index (χ1v) is 13.2. The predicted octanol–water partition coefficient (Wildman–Crippen LogP) is 8.33. The van der Waals surface area contributed by atoms with Crippen molar-refractivity contribution in [2.75, 3.05) is 0 Å². The fourth-order valence-electron chi connectivity index (χ4n) is 5.19. The molecule has 6 aromatic carbocycles. The van der Waals surface area contributed by atoms with Crippen LogP contribution in [0.25, 0.3) is 32.7 Å². The van der Waals surface area contributed by atoms with Gasteiger partial charge in [0.25, 0.3) is 0 Å². The molecule has 6 rings (SSSR count). The van der Waals surface area contributed by atoms with Gasteiger partial charge in [-0.1, -0.05) is 109 Å². The van der Waals surface area contributed by atoms with E-state index in [2.05, 4.69) is 31.2 Å². The summed E-state index contributed by atoms with van der Waals surface area (Å²) in [4.78, 5) is 13.3. The van der Waals surface area contributed by atoms with Crippen LogP contribution in [0.4, 0.5) is 0 Å². The van der Waals surface area contributed by atoms with Crippen LogP contribution in [0.2, 0.25) is 0 Å². The summed E-state index contributed by atoms with van der Waals surface area (Å²) in [6.45, 7) is 2.15. The van der Waals surface area contributed by atoms with Gasteiger partial charge in [-0.05, 0) is 63.7 Å².